The van der Waals surface area contributed by atoms with Gasteiger partial charge >= 0.3 is 0 Å². The van der Waals surface area contributed by atoms with Crippen molar-refractivity contribution in [1.29, 1.82) is 0 Å². The van der Waals surface area contributed by atoms with Gasteiger partial charge in [-0.1, -0.05) is 0 Å². The van der Waals surface area contributed by atoms with Crippen molar-refractivity contribution in [3.63, 3.8) is 0 Å². The fourth-order valence-electron chi connectivity index (χ4n) is 0.379. The lowest BCUT2D eigenvalue weighted by Crippen LogP contribution is -2.40. The lowest BCUT2D eigenvalue weighted by Gasteiger charge is -2.05. The van der Waals surface area contributed by atoms with Crippen LogP contribution in [0.15, 0.2) is 0 Å². The number of carbonyl (C=O) groups excluding carboxylic acids is 2. The molecule has 0 radical (unpaired) electrons. The molecule has 0 aliphatic heterocycles. The van der Waals surface area contributed by atoms with E-state index in [1.165, 1.54) is 0 Å². The van der Waals surface area contributed by atoms with Gasteiger partial charge in [0.1, 0.15) is 0 Å². The van der Waals surface area contributed by atoms with Gasteiger partial charge in [0.25, 0.3) is 10.1 Å². The molecule has 0 aromatic heterocycles. The highest BCUT2D eigenvalue weighted by atomic mass is 32.2. The third-order valence-corrected chi connectivity index (χ3v) is 1.66. The Morgan fingerprint density at radius 3 is 2.18 bits per heavy atom. The number of amides is 1. The molecule has 11 heavy (non-hydrogen) atoms. The molecule has 0 spiro atoms. The van der Waals surface area contributed by atoms with E-state index in [9.17, 15) is 18.0 Å². The summed E-state index contributed by atoms with van der Waals surface area (Å²) in [6.45, 7) is 1.03. The molecule has 1 atom stereocenters. The quantitative estimate of drug-likeness (QED) is 0.409. The minimum absolute atomic E-state index is 0.0727. The van der Waals surface area contributed by atoms with E-state index >= 15 is 0 Å². The van der Waals surface area contributed by atoms with Gasteiger partial charge in [0.2, 0.25) is 11.3 Å². The fourth-order valence-corrected chi connectivity index (χ4v) is 0.834. The first-order chi connectivity index (χ1) is 4.88. The first-order valence-electron chi connectivity index (χ1n) is 2.56. The first kappa shape index (κ1) is 10.0. The largest absolute Gasteiger partial charge is 0.332 e. The molecule has 64 valence electrons. The van der Waals surface area contributed by atoms with E-state index in [-0.39, 0.29) is 6.29 Å². The molecule has 0 heterocycles. The molecule has 0 saturated heterocycles. The summed E-state index contributed by atoms with van der Waals surface area (Å²) in [5, 5.41) is -0.137. The van der Waals surface area contributed by atoms with Gasteiger partial charge in [-0.2, -0.15) is 8.42 Å². The lowest BCUT2D eigenvalue weighted by molar-refractivity contribution is -0.121. The molecule has 0 aliphatic carbocycles. The molecule has 1 unspecified atom stereocenters. The molecule has 2 N–H and O–H groups in total. The van der Waals surface area contributed by atoms with E-state index in [1.54, 1.807) is 5.32 Å². The average Bonchev–Trinajstić information content (AvgIpc) is 1.79. The molecule has 0 aromatic rings. The van der Waals surface area contributed by atoms with Crippen molar-refractivity contribution in [2.24, 2.45) is 0 Å². The minimum atomic E-state index is -4.51. The van der Waals surface area contributed by atoms with Gasteiger partial charge in [-0.25, -0.2) is 0 Å². The third-order valence-electron chi connectivity index (χ3n) is 0.790. The Bertz CT molecular complexity index is 256. The first-order valence-corrected chi connectivity index (χ1v) is 4.07. The zero-order chi connectivity index (χ0) is 9.07. The van der Waals surface area contributed by atoms with Crippen LogP contribution in [0.2, 0.25) is 0 Å². The predicted octanol–water partition coefficient (Wildman–Crippen LogP) is -1.46. The standard InChI is InChI=1S/C4H7NO5S/c1-3(7)5-4(2-6)11(8,9)10/h2,4H,1H3,(H,5,7)(H,8,9,10). The van der Waals surface area contributed by atoms with Crippen molar-refractivity contribution in [2.75, 3.05) is 0 Å². The Labute approximate surface area is 63.3 Å². The molecule has 1 amide bonds. The van der Waals surface area contributed by atoms with Crippen molar-refractivity contribution in [2.45, 2.75) is 12.3 Å². The molecular weight excluding hydrogens is 174 g/mol. The van der Waals surface area contributed by atoms with Crippen LogP contribution in [0.4, 0.5) is 0 Å². The Morgan fingerprint density at radius 1 is 1.64 bits per heavy atom. The van der Waals surface area contributed by atoms with Crippen LogP contribution in [0.1, 0.15) is 6.92 Å². The molecule has 0 fully saturated rings. The predicted molar refractivity (Wildman–Crippen MR) is 35.2 cm³/mol. The maximum absolute atomic E-state index is 10.2. The second-order valence-corrected chi connectivity index (χ2v) is 3.31. The third kappa shape index (κ3) is 3.68. The SMILES string of the molecule is CC(=O)NC(C=O)S(=O)(=O)O. The fraction of sp³-hybridized carbons (Fsp3) is 0.500. The van der Waals surface area contributed by atoms with Crippen LogP contribution in [-0.2, 0) is 19.7 Å². The van der Waals surface area contributed by atoms with Crippen LogP contribution in [0.25, 0.3) is 0 Å². The molecule has 0 saturated carbocycles. The highest BCUT2D eigenvalue weighted by molar-refractivity contribution is 7.87. The summed E-state index contributed by atoms with van der Waals surface area (Å²) < 4.78 is 28.7. The molecule has 7 heteroatoms. The van der Waals surface area contributed by atoms with Gasteiger partial charge in [0.05, 0.1) is 0 Å². The maximum Gasteiger partial charge on any atom is 0.293 e. The summed E-state index contributed by atoms with van der Waals surface area (Å²) in [5.74, 6) is -0.709. The van der Waals surface area contributed by atoms with Crippen molar-refractivity contribution in [1.82, 2.24) is 5.32 Å². The van der Waals surface area contributed by atoms with Gasteiger partial charge < -0.3 is 5.32 Å². The van der Waals surface area contributed by atoms with Crippen molar-refractivity contribution < 1.29 is 22.6 Å². The molecule has 0 aromatic carbocycles. The van der Waals surface area contributed by atoms with Gasteiger partial charge in [0.15, 0.2) is 6.29 Å². The van der Waals surface area contributed by atoms with Crippen LogP contribution in [-0.4, -0.2) is 30.5 Å². The topological polar surface area (TPSA) is 101 Å². The van der Waals surface area contributed by atoms with Gasteiger partial charge in [0, 0.05) is 6.92 Å². The van der Waals surface area contributed by atoms with Crippen molar-refractivity contribution >= 4 is 22.3 Å². The number of nitrogens with one attached hydrogen (secondary N) is 1. The Balaban J connectivity index is 4.44. The molecular formula is C4H7NO5S. The molecule has 0 aliphatic rings. The zero-order valence-corrected chi connectivity index (χ0v) is 6.46. The normalized spacial score (nSPS) is 13.6. The Morgan fingerprint density at radius 2 is 2.09 bits per heavy atom. The summed E-state index contributed by atoms with van der Waals surface area (Å²) in [4.78, 5) is 20.1. The average molecular weight is 181 g/mol. The van der Waals surface area contributed by atoms with E-state index in [0.29, 0.717) is 0 Å². The monoisotopic (exact) mass is 181 g/mol. The van der Waals surface area contributed by atoms with E-state index < -0.39 is 21.4 Å². The highest BCUT2D eigenvalue weighted by Crippen LogP contribution is 1.89. The Kier molecular flexibility index (Phi) is 3.15. The van der Waals surface area contributed by atoms with E-state index in [4.69, 9.17) is 4.55 Å². The van der Waals surface area contributed by atoms with Crippen LogP contribution in [0, 0.1) is 0 Å². The minimum Gasteiger partial charge on any atom is -0.332 e. The number of hydrogen-bond acceptors (Lipinski definition) is 4. The van der Waals surface area contributed by atoms with E-state index in [1.807, 2.05) is 0 Å². The number of carbonyl (C=O) groups is 2. The summed E-state index contributed by atoms with van der Waals surface area (Å²) in [6.07, 6.45) is -0.0727. The Hall–Kier alpha value is -0.950. The van der Waals surface area contributed by atoms with Gasteiger partial charge in [-0.3, -0.25) is 14.1 Å². The van der Waals surface area contributed by atoms with Crippen LogP contribution < -0.4 is 5.32 Å². The molecule has 6 nitrogen and oxygen atoms in total. The summed E-state index contributed by atoms with van der Waals surface area (Å²) in [5.41, 5.74) is 0. The van der Waals surface area contributed by atoms with Crippen molar-refractivity contribution in [3.8, 4) is 0 Å². The number of hydrogen-bond donors (Lipinski definition) is 2. The maximum atomic E-state index is 10.2. The van der Waals surface area contributed by atoms with Crippen LogP contribution in [0.5, 0.6) is 0 Å². The van der Waals surface area contributed by atoms with Crippen LogP contribution in [0.3, 0.4) is 0 Å². The van der Waals surface area contributed by atoms with Gasteiger partial charge in [-0.05, 0) is 0 Å². The molecule has 0 rings (SSSR count). The van der Waals surface area contributed by atoms with Crippen LogP contribution >= 0.6 is 0 Å². The van der Waals surface area contributed by atoms with E-state index in [0.717, 1.165) is 6.92 Å². The van der Waals surface area contributed by atoms with Gasteiger partial charge in [-0.15, -0.1) is 0 Å². The van der Waals surface area contributed by atoms with Crippen molar-refractivity contribution in [3.05, 3.63) is 0 Å². The summed E-state index contributed by atoms with van der Waals surface area (Å²) >= 11 is 0. The second kappa shape index (κ2) is 3.44. The summed E-state index contributed by atoms with van der Waals surface area (Å²) in [7, 11) is -4.51. The number of aldehydes is 1. The summed E-state index contributed by atoms with van der Waals surface area (Å²) in [6, 6.07) is 0. The smallest absolute Gasteiger partial charge is 0.293 e. The van der Waals surface area contributed by atoms with E-state index in [2.05, 4.69) is 0 Å². The lowest BCUT2D eigenvalue weighted by atomic mass is 10.6. The highest BCUT2D eigenvalue weighted by Gasteiger charge is 2.22. The number of rotatable bonds is 3. The second-order valence-electron chi connectivity index (χ2n) is 1.77. The molecule has 0 bridgehead atoms. The zero-order valence-electron chi connectivity index (χ0n) is 5.64.